The fraction of sp³-hybridized carbons (Fsp3) is 0.438. The Hall–Kier alpha value is -1.91. The monoisotopic (exact) mass is 464 g/mol. The Morgan fingerprint density at radius 2 is 1.97 bits per heavy atom. The summed E-state index contributed by atoms with van der Waals surface area (Å²) in [5.41, 5.74) is -0.182. The average Bonchev–Trinajstić information content (AvgIpc) is 3.10. The van der Waals surface area contributed by atoms with Crippen molar-refractivity contribution in [2.24, 2.45) is 5.16 Å². The number of benzene rings is 1. The second-order valence-corrected chi connectivity index (χ2v) is 8.67. The second-order valence-electron chi connectivity index (χ2n) is 6.49. The molecule has 0 radical (unpaired) electrons. The quantitative estimate of drug-likeness (QED) is 0.121. The summed E-state index contributed by atoms with van der Waals surface area (Å²) in [5, 5.41) is 53.1. The van der Waals surface area contributed by atoms with Gasteiger partial charge in [0.15, 0.2) is 0 Å². The second kappa shape index (κ2) is 9.07. The SMILES string of the molecule is O=S(=O)(O)ON=C(Cc1c[nH]c2cccc(O)c12)SC1OC(CO)C(O)C(O)C1O. The van der Waals surface area contributed by atoms with E-state index in [2.05, 4.69) is 14.4 Å². The molecule has 2 aromatic rings. The number of phenols is 1. The normalized spacial score (nSPS) is 28.0. The highest BCUT2D eigenvalue weighted by Crippen LogP contribution is 2.33. The number of ether oxygens (including phenoxy) is 1. The lowest BCUT2D eigenvalue weighted by Gasteiger charge is -2.39. The van der Waals surface area contributed by atoms with Crippen molar-refractivity contribution in [1.29, 1.82) is 0 Å². The first-order chi connectivity index (χ1) is 14.1. The minimum absolute atomic E-state index is 0.0448. The van der Waals surface area contributed by atoms with Gasteiger partial charge < -0.3 is 35.3 Å². The van der Waals surface area contributed by atoms with Crippen LogP contribution in [0.4, 0.5) is 0 Å². The fourth-order valence-corrected chi connectivity index (χ4v) is 4.34. The highest BCUT2D eigenvalue weighted by molar-refractivity contribution is 8.14. The molecule has 1 fully saturated rings. The first-order valence-electron chi connectivity index (χ1n) is 8.58. The van der Waals surface area contributed by atoms with E-state index in [1.807, 2.05) is 0 Å². The molecule has 0 aliphatic carbocycles. The van der Waals surface area contributed by atoms with E-state index in [1.165, 1.54) is 6.07 Å². The van der Waals surface area contributed by atoms with E-state index in [-0.39, 0.29) is 17.2 Å². The van der Waals surface area contributed by atoms with Crippen LogP contribution in [-0.2, 0) is 25.8 Å². The summed E-state index contributed by atoms with van der Waals surface area (Å²) in [7, 11) is -4.93. The minimum atomic E-state index is -4.93. The van der Waals surface area contributed by atoms with Crippen molar-refractivity contribution >= 4 is 38.1 Å². The van der Waals surface area contributed by atoms with Gasteiger partial charge >= 0.3 is 10.4 Å². The zero-order valence-electron chi connectivity index (χ0n) is 15.2. The van der Waals surface area contributed by atoms with Gasteiger partial charge in [-0.2, -0.15) is 8.42 Å². The van der Waals surface area contributed by atoms with Crippen LogP contribution >= 0.6 is 11.8 Å². The number of oxime groups is 1. The Morgan fingerprint density at radius 1 is 1.23 bits per heavy atom. The van der Waals surface area contributed by atoms with Crippen LogP contribution in [-0.4, -0.2) is 85.0 Å². The van der Waals surface area contributed by atoms with E-state index >= 15 is 0 Å². The van der Waals surface area contributed by atoms with Crippen LogP contribution in [0, 0.1) is 0 Å². The molecule has 0 amide bonds. The van der Waals surface area contributed by atoms with Crippen LogP contribution < -0.4 is 0 Å². The largest absolute Gasteiger partial charge is 0.507 e. The third kappa shape index (κ3) is 5.04. The molecule has 3 rings (SSSR count). The predicted octanol–water partition coefficient (Wildman–Crippen LogP) is -0.918. The Morgan fingerprint density at radius 3 is 2.63 bits per heavy atom. The summed E-state index contributed by atoms with van der Waals surface area (Å²) in [6.45, 7) is -0.647. The third-order valence-electron chi connectivity index (χ3n) is 4.44. The van der Waals surface area contributed by atoms with Crippen molar-refractivity contribution < 1.29 is 47.5 Å². The summed E-state index contributed by atoms with van der Waals surface area (Å²) in [6.07, 6.45) is -4.58. The topological polar surface area (TPSA) is 202 Å². The molecule has 5 atom stereocenters. The standard InChI is InChI=1S/C16H20N2O10S2/c19-6-10-13(21)14(22)15(23)16(27-10)29-11(18-28-30(24,25)26)4-7-5-17-8-2-1-3-9(20)12(7)8/h1-3,5,10,13-17,19-23H,4,6H2,(H,24,25,26). The van der Waals surface area contributed by atoms with Crippen molar-refractivity contribution in [1.82, 2.24) is 4.98 Å². The highest BCUT2D eigenvalue weighted by Gasteiger charge is 2.44. The molecule has 30 heavy (non-hydrogen) atoms. The molecule has 2 heterocycles. The summed E-state index contributed by atoms with van der Waals surface area (Å²) in [4.78, 5) is 2.93. The molecular formula is C16H20N2O10S2. The number of hydrogen-bond donors (Lipinski definition) is 7. The minimum Gasteiger partial charge on any atom is -0.507 e. The van der Waals surface area contributed by atoms with Crippen LogP contribution in [0.1, 0.15) is 5.56 Å². The van der Waals surface area contributed by atoms with Crippen molar-refractivity contribution in [2.75, 3.05) is 6.61 Å². The molecule has 1 aliphatic heterocycles. The Balaban J connectivity index is 1.89. The number of phenolic OH excluding ortho intramolecular Hbond substituents is 1. The summed E-state index contributed by atoms with van der Waals surface area (Å²) >= 11 is 0.651. The molecule has 1 aliphatic rings. The highest BCUT2D eigenvalue weighted by atomic mass is 32.3. The zero-order valence-corrected chi connectivity index (χ0v) is 16.8. The molecule has 1 saturated heterocycles. The number of aromatic hydroxyl groups is 1. The van der Waals surface area contributed by atoms with Gasteiger partial charge in [0, 0.05) is 23.5 Å². The Bertz CT molecular complexity index is 1020. The zero-order chi connectivity index (χ0) is 22.1. The molecule has 1 aromatic carbocycles. The van der Waals surface area contributed by atoms with Gasteiger partial charge in [-0.15, -0.1) is 0 Å². The number of thioether (sulfide) groups is 1. The van der Waals surface area contributed by atoms with Gasteiger partial charge in [-0.05, 0) is 17.7 Å². The van der Waals surface area contributed by atoms with E-state index in [0.717, 1.165) is 0 Å². The number of fused-ring (bicyclic) bond motifs is 1. The fourth-order valence-electron chi connectivity index (χ4n) is 3.02. The van der Waals surface area contributed by atoms with Gasteiger partial charge in [0.25, 0.3) is 0 Å². The lowest BCUT2D eigenvalue weighted by Crippen LogP contribution is -2.57. The molecule has 14 heteroatoms. The van der Waals surface area contributed by atoms with E-state index in [1.54, 1.807) is 18.3 Å². The smallest absolute Gasteiger partial charge is 0.466 e. The van der Waals surface area contributed by atoms with Gasteiger partial charge in [0.2, 0.25) is 0 Å². The van der Waals surface area contributed by atoms with Gasteiger partial charge in [-0.3, -0.25) is 4.55 Å². The van der Waals surface area contributed by atoms with Crippen LogP contribution in [0.25, 0.3) is 10.9 Å². The number of hydrogen-bond acceptors (Lipinski definition) is 11. The lowest BCUT2D eigenvalue weighted by atomic mass is 10.0. The van der Waals surface area contributed by atoms with Crippen molar-refractivity contribution in [3.05, 3.63) is 30.0 Å². The van der Waals surface area contributed by atoms with Gasteiger partial charge in [0.1, 0.15) is 40.6 Å². The molecule has 1 aromatic heterocycles. The lowest BCUT2D eigenvalue weighted by molar-refractivity contribution is -0.205. The Kier molecular flexibility index (Phi) is 6.88. The maximum atomic E-state index is 10.9. The first kappa shape index (κ1) is 22.8. The van der Waals surface area contributed by atoms with Crippen LogP contribution in [0.5, 0.6) is 5.75 Å². The van der Waals surface area contributed by atoms with Crippen LogP contribution in [0.15, 0.2) is 29.6 Å². The Labute approximate surface area is 174 Å². The van der Waals surface area contributed by atoms with E-state index < -0.39 is 46.9 Å². The van der Waals surface area contributed by atoms with Crippen LogP contribution in [0.3, 0.4) is 0 Å². The van der Waals surface area contributed by atoms with Crippen molar-refractivity contribution in [2.45, 2.75) is 36.3 Å². The number of aromatic amines is 1. The molecule has 5 unspecified atom stereocenters. The van der Waals surface area contributed by atoms with E-state index in [9.17, 15) is 34.0 Å². The summed E-state index contributed by atoms with van der Waals surface area (Å²) < 4.78 is 40.2. The number of aliphatic hydroxyl groups excluding tert-OH is 4. The van der Waals surface area contributed by atoms with Crippen molar-refractivity contribution in [3.8, 4) is 5.75 Å². The first-order valence-corrected chi connectivity index (χ1v) is 10.8. The number of rotatable bonds is 6. The number of nitrogens with one attached hydrogen (secondary N) is 1. The molecule has 166 valence electrons. The average molecular weight is 464 g/mol. The molecule has 0 spiro atoms. The maximum absolute atomic E-state index is 10.9. The van der Waals surface area contributed by atoms with Gasteiger partial charge in [-0.25, -0.2) is 4.28 Å². The molecule has 12 nitrogen and oxygen atoms in total. The van der Waals surface area contributed by atoms with Crippen LogP contribution in [0.2, 0.25) is 0 Å². The van der Waals surface area contributed by atoms with Gasteiger partial charge in [0.05, 0.1) is 6.61 Å². The molecule has 0 bridgehead atoms. The number of aromatic nitrogens is 1. The molecule has 0 saturated carbocycles. The van der Waals surface area contributed by atoms with E-state index in [0.29, 0.717) is 28.2 Å². The van der Waals surface area contributed by atoms with E-state index in [4.69, 9.17) is 9.29 Å². The van der Waals surface area contributed by atoms with Gasteiger partial charge in [-0.1, -0.05) is 23.0 Å². The number of nitrogens with zero attached hydrogens (tertiary/aromatic N) is 1. The predicted molar refractivity (Wildman–Crippen MR) is 105 cm³/mol. The maximum Gasteiger partial charge on any atom is 0.466 e. The molecule has 7 N–H and O–H groups in total. The number of H-pyrrole nitrogens is 1. The molecular weight excluding hydrogens is 444 g/mol. The van der Waals surface area contributed by atoms with Crippen molar-refractivity contribution in [3.63, 3.8) is 0 Å². The summed E-state index contributed by atoms with van der Waals surface area (Å²) in [5.74, 6) is -0.0448. The third-order valence-corrected chi connectivity index (χ3v) is 5.82. The number of aliphatic hydroxyl groups is 4. The summed E-state index contributed by atoms with van der Waals surface area (Å²) in [6, 6.07) is 4.78.